The van der Waals surface area contributed by atoms with Crippen LogP contribution in [0.3, 0.4) is 0 Å². The lowest BCUT2D eigenvalue weighted by atomic mass is 10.1. The molecule has 0 unspecified atom stereocenters. The molecule has 0 atom stereocenters. The maximum Gasteiger partial charge on any atom is 0.251 e. The lowest BCUT2D eigenvalue weighted by Crippen LogP contribution is -2.23. The average Bonchev–Trinajstić information content (AvgIpc) is 2.60. The lowest BCUT2D eigenvalue weighted by molar-refractivity contribution is 0.0951. The predicted octanol–water partition coefficient (Wildman–Crippen LogP) is 2.44. The van der Waals surface area contributed by atoms with Gasteiger partial charge in [-0.15, -0.1) is 0 Å². The first-order valence-corrected chi connectivity index (χ1v) is 9.61. The van der Waals surface area contributed by atoms with Crippen LogP contribution in [0.15, 0.2) is 48.5 Å². The number of benzene rings is 2. The first kappa shape index (κ1) is 18.8. The standard InChI is InChI=1S/C18H23N3O3S/c1-4-25(23,24)20-16-9-7-15(8-10-16)18(22)19-13-14-5-11-17(12-6-14)21(2)3/h5-12,20H,4,13H2,1-3H3,(H,19,22). The van der Waals surface area contributed by atoms with E-state index in [0.29, 0.717) is 17.8 Å². The number of carbonyl (C=O) groups is 1. The van der Waals surface area contributed by atoms with Crippen molar-refractivity contribution in [2.45, 2.75) is 13.5 Å². The molecule has 0 aliphatic heterocycles. The second-order valence-corrected chi connectivity index (χ2v) is 7.84. The molecule has 0 heterocycles. The maximum atomic E-state index is 12.2. The van der Waals surface area contributed by atoms with E-state index in [2.05, 4.69) is 10.0 Å². The van der Waals surface area contributed by atoms with E-state index in [1.807, 2.05) is 43.3 Å². The number of anilines is 2. The van der Waals surface area contributed by atoms with Crippen LogP contribution in [0.4, 0.5) is 11.4 Å². The number of hydrogen-bond donors (Lipinski definition) is 2. The Morgan fingerprint density at radius 2 is 1.60 bits per heavy atom. The fourth-order valence-electron chi connectivity index (χ4n) is 2.14. The molecule has 1 amide bonds. The Labute approximate surface area is 148 Å². The number of rotatable bonds is 7. The topological polar surface area (TPSA) is 78.5 Å². The number of amides is 1. The molecule has 2 N–H and O–H groups in total. The Morgan fingerprint density at radius 1 is 1.00 bits per heavy atom. The first-order valence-electron chi connectivity index (χ1n) is 7.96. The van der Waals surface area contributed by atoms with Crippen LogP contribution in [0.25, 0.3) is 0 Å². The summed E-state index contributed by atoms with van der Waals surface area (Å²) in [5.74, 6) is -0.205. The van der Waals surface area contributed by atoms with E-state index in [4.69, 9.17) is 0 Å². The molecule has 0 saturated heterocycles. The zero-order valence-electron chi connectivity index (χ0n) is 14.6. The summed E-state index contributed by atoms with van der Waals surface area (Å²) in [4.78, 5) is 14.2. The fraction of sp³-hybridized carbons (Fsp3) is 0.278. The van der Waals surface area contributed by atoms with Crippen LogP contribution in [0.1, 0.15) is 22.8 Å². The SMILES string of the molecule is CCS(=O)(=O)Nc1ccc(C(=O)NCc2ccc(N(C)C)cc2)cc1. The van der Waals surface area contributed by atoms with Crippen LogP contribution in [-0.4, -0.2) is 34.2 Å². The molecule has 25 heavy (non-hydrogen) atoms. The summed E-state index contributed by atoms with van der Waals surface area (Å²) < 4.78 is 25.5. The van der Waals surface area contributed by atoms with E-state index >= 15 is 0 Å². The number of hydrogen-bond acceptors (Lipinski definition) is 4. The summed E-state index contributed by atoms with van der Waals surface area (Å²) in [5.41, 5.74) is 3.02. The van der Waals surface area contributed by atoms with Crippen LogP contribution in [0, 0.1) is 0 Å². The molecule has 0 spiro atoms. The van der Waals surface area contributed by atoms with E-state index in [1.54, 1.807) is 31.2 Å². The number of carbonyl (C=O) groups excluding carboxylic acids is 1. The quantitative estimate of drug-likeness (QED) is 0.794. The molecule has 7 heteroatoms. The van der Waals surface area contributed by atoms with Gasteiger partial charge in [-0.2, -0.15) is 0 Å². The van der Waals surface area contributed by atoms with Crippen LogP contribution in [0.2, 0.25) is 0 Å². The van der Waals surface area contributed by atoms with Gasteiger partial charge in [0, 0.05) is 37.6 Å². The van der Waals surface area contributed by atoms with E-state index in [0.717, 1.165) is 11.3 Å². The highest BCUT2D eigenvalue weighted by atomic mass is 32.2. The summed E-state index contributed by atoms with van der Waals surface area (Å²) in [6, 6.07) is 14.3. The molecule has 0 radical (unpaired) electrons. The molecule has 6 nitrogen and oxygen atoms in total. The summed E-state index contributed by atoms with van der Waals surface area (Å²) in [7, 11) is 0.631. The Kier molecular flexibility index (Phi) is 6.03. The van der Waals surface area contributed by atoms with E-state index < -0.39 is 10.0 Å². The van der Waals surface area contributed by atoms with Crippen LogP contribution < -0.4 is 14.9 Å². The van der Waals surface area contributed by atoms with Crippen molar-refractivity contribution in [3.05, 3.63) is 59.7 Å². The first-order chi connectivity index (χ1) is 11.8. The molecule has 0 aliphatic carbocycles. The third-order valence-corrected chi connectivity index (χ3v) is 5.01. The van der Waals surface area contributed by atoms with Crippen molar-refractivity contribution in [3.8, 4) is 0 Å². The number of sulfonamides is 1. The zero-order chi connectivity index (χ0) is 18.4. The smallest absolute Gasteiger partial charge is 0.251 e. The molecular weight excluding hydrogens is 338 g/mol. The third-order valence-electron chi connectivity index (χ3n) is 3.71. The van der Waals surface area contributed by atoms with E-state index in [-0.39, 0.29) is 11.7 Å². The average molecular weight is 361 g/mol. The molecule has 2 aromatic carbocycles. The lowest BCUT2D eigenvalue weighted by Gasteiger charge is -2.13. The van der Waals surface area contributed by atoms with Crippen LogP contribution in [-0.2, 0) is 16.6 Å². The van der Waals surface area contributed by atoms with Gasteiger partial charge in [0.05, 0.1) is 5.75 Å². The molecule has 134 valence electrons. The Hall–Kier alpha value is -2.54. The summed E-state index contributed by atoms with van der Waals surface area (Å²) >= 11 is 0. The highest BCUT2D eigenvalue weighted by Crippen LogP contribution is 2.13. The highest BCUT2D eigenvalue weighted by Gasteiger charge is 2.09. The molecule has 2 rings (SSSR count). The van der Waals surface area contributed by atoms with Crippen LogP contribution >= 0.6 is 0 Å². The second kappa shape index (κ2) is 8.02. The van der Waals surface area contributed by atoms with Crippen molar-refractivity contribution < 1.29 is 13.2 Å². The largest absolute Gasteiger partial charge is 0.378 e. The molecular formula is C18H23N3O3S. The Morgan fingerprint density at radius 3 is 2.12 bits per heavy atom. The molecule has 0 fully saturated rings. The minimum Gasteiger partial charge on any atom is -0.378 e. The van der Waals surface area contributed by atoms with Crippen LogP contribution in [0.5, 0.6) is 0 Å². The maximum absolute atomic E-state index is 12.2. The van der Waals surface area contributed by atoms with Gasteiger partial charge < -0.3 is 10.2 Å². The normalized spacial score (nSPS) is 11.0. The Bertz CT molecular complexity index is 814. The second-order valence-electron chi connectivity index (χ2n) is 5.83. The van der Waals surface area contributed by atoms with Gasteiger partial charge >= 0.3 is 0 Å². The minimum absolute atomic E-state index is 0.00184. The zero-order valence-corrected chi connectivity index (χ0v) is 15.4. The molecule has 0 bridgehead atoms. The van der Waals surface area contributed by atoms with Crippen molar-refractivity contribution in [1.82, 2.24) is 5.32 Å². The van der Waals surface area contributed by atoms with Gasteiger partial charge in [-0.3, -0.25) is 9.52 Å². The van der Waals surface area contributed by atoms with Gasteiger partial charge in [0.25, 0.3) is 5.91 Å². The van der Waals surface area contributed by atoms with Crippen molar-refractivity contribution in [1.29, 1.82) is 0 Å². The van der Waals surface area contributed by atoms with Gasteiger partial charge in [0.1, 0.15) is 0 Å². The summed E-state index contributed by atoms with van der Waals surface area (Å²) in [5, 5.41) is 2.85. The van der Waals surface area contributed by atoms with Gasteiger partial charge in [-0.1, -0.05) is 12.1 Å². The molecule has 0 aliphatic rings. The fourth-order valence-corrected chi connectivity index (χ4v) is 2.78. The van der Waals surface area contributed by atoms with Crippen molar-refractivity contribution >= 4 is 27.3 Å². The van der Waals surface area contributed by atoms with Crippen molar-refractivity contribution in [2.24, 2.45) is 0 Å². The summed E-state index contributed by atoms with van der Waals surface area (Å²) in [6.07, 6.45) is 0. The summed E-state index contributed by atoms with van der Waals surface area (Å²) in [6.45, 7) is 1.99. The Balaban J connectivity index is 1.94. The van der Waals surface area contributed by atoms with Gasteiger partial charge in [-0.25, -0.2) is 8.42 Å². The molecule has 0 aromatic heterocycles. The van der Waals surface area contributed by atoms with Gasteiger partial charge in [0.15, 0.2) is 0 Å². The minimum atomic E-state index is -3.32. The number of nitrogens with one attached hydrogen (secondary N) is 2. The predicted molar refractivity (Wildman–Crippen MR) is 101 cm³/mol. The van der Waals surface area contributed by atoms with E-state index in [1.165, 1.54) is 0 Å². The third kappa shape index (κ3) is 5.49. The van der Waals surface area contributed by atoms with E-state index in [9.17, 15) is 13.2 Å². The highest BCUT2D eigenvalue weighted by molar-refractivity contribution is 7.92. The van der Waals surface area contributed by atoms with Crippen molar-refractivity contribution in [2.75, 3.05) is 29.5 Å². The molecule has 2 aromatic rings. The van der Waals surface area contributed by atoms with Gasteiger partial charge in [-0.05, 0) is 48.9 Å². The monoisotopic (exact) mass is 361 g/mol. The van der Waals surface area contributed by atoms with Crippen molar-refractivity contribution in [3.63, 3.8) is 0 Å². The van der Waals surface area contributed by atoms with Gasteiger partial charge in [0.2, 0.25) is 10.0 Å². The number of nitrogens with zero attached hydrogens (tertiary/aromatic N) is 1. The molecule has 0 saturated carbocycles.